The maximum absolute atomic E-state index is 12.1. The Bertz CT molecular complexity index is 948. The molecule has 192 valence electrons. The minimum absolute atomic E-state index is 0.160. The molecule has 35 heavy (non-hydrogen) atoms. The van der Waals surface area contributed by atoms with Crippen molar-refractivity contribution >= 4 is 12.0 Å². The third-order valence-electron chi connectivity index (χ3n) is 6.67. The Labute approximate surface area is 201 Å². The zero-order valence-electron chi connectivity index (χ0n) is 19.0. The summed E-state index contributed by atoms with van der Waals surface area (Å²) in [7, 11) is 0. The van der Waals surface area contributed by atoms with E-state index in [0.717, 1.165) is 11.8 Å². The van der Waals surface area contributed by atoms with Crippen LogP contribution >= 0.6 is 0 Å². The van der Waals surface area contributed by atoms with Crippen LogP contribution in [0.4, 0.5) is 0 Å². The SMILES string of the molecule is C[C@]1(O)C[C@@H](O)[C@]2(O)C=CO[C@@H](O[C@@H]3O[C@H](COC(=O)C=Cc4ccccc4)[C@@H](O)[C@H](O)[C@H]3O)[C@@H]21. The lowest BCUT2D eigenvalue weighted by atomic mass is 9.81. The Morgan fingerprint density at radius 1 is 1.09 bits per heavy atom. The van der Waals surface area contributed by atoms with Gasteiger partial charge in [0.15, 0.2) is 6.29 Å². The normalized spacial score (nSPS) is 43.1. The fourth-order valence-electron chi connectivity index (χ4n) is 4.77. The van der Waals surface area contributed by atoms with Crippen molar-refractivity contribution in [2.24, 2.45) is 5.92 Å². The lowest BCUT2D eigenvalue weighted by molar-refractivity contribution is -0.351. The van der Waals surface area contributed by atoms with Gasteiger partial charge in [-0.3, -0.25) is 0 Å². The lowest BCUT2D eigenvalue weighted by Gasteiger charge is -2.45. The molecule has 11 heteroatoms. The van der Waals surface area contributed by atoms with Crippen LogP contribution in [0.5, 0.6) is 0 Å². The number of carbonyl (C=O) groups is 1. The summed E-state index contributed by atoms with van der Waals surface area (Å²) in [6.07, 6.45) is -5.67. The molecule has 1 aromatic rings. The molecular weight excluding hydrogens is 464 g/mol. The second-order valence-electron chi connectivity index (χ2n) is 9.27. The Hall–Kier alpha value is -2.35. The van der Waals surface area contributed by atoms with Crippen LogP contribution in [0.1, 0.15) is 18.9 Å². The summed E-state index contributed by atoms with van der Waals surface area (Å²) in [5.74, 6) is -1.88. The number of fused-ring (bicyclic) bond motifs is 1. The fraction of sp³-hybridized carbons (Fsp3) is 0.542. The van der Waals surface area contributed by atoms with Crippen molar-refractivity contribution in [2.45, 2.75) is 67.6 Å². The Kier molecular flexibility index (Phi) is 7.32. The van der Waals surface area contributed by atoms with Crippen LogP contribution in [0.2, 0.25) is 0 Å². The molecule has 0 amide bonds. The van der Waals surface area contributed by atoms with E-state index in [4.69, 9.17) is 18.9 Å². The van der Waals surface area contributed by atoms with Crippen molar-refractivity contribution in [2.75, 3.05) is 6.61 Å². The highest BCUT2D eigenvalue weighted by atomic mass is 16.8. The second kappa shape index (κ2) is 9.96. The van der Waals surface area contributed by atoms with Gasteiger partial charge in [0.25, 0.3) is 0 Å². The average Bonchev–Trinajstić information content (AvgIpc) is 3.01. The van der Waals surface area contributed by atoms with Crippen LogP contribution in [0.3, 0.4) is 0 Å². The minimum Gasteiger partial charge on any atom is -0.472 e. The molecule has 1 aliphatic carbocycles. The average molecular weight is 494 g/mol. The third kappa shape index (κ3) is 5.13. The van der Waals surface area contributed by atoms with E-state index in [9.17, 15) is 35.4 Å². The fourth-order valence-corrected chi connectivity index (χ4v) is 4.77. The molecule has 1 saturated heterocycles. The number of esters is 1. The smallest absolute Gasteiger partial charge is 0.330 e. The Morgan fingerprint density at radius 2 is 1.80 bits per heavy atom. The van der Waals surface area contributed by atoms with Gasteiger partial charge >= 0.3 is 5.97 Å². The van der Waals surface area contributed by atoms with E-state index >= 15 is 0 Å². The van der Waals surface area contributed by atoms with Crippen molar-refractivity contribution in [1.82, 2.24) is 0 Å². The Balaban J connectivity index is 1.41. The highest BCUT2D eigenvalue weighted by Gasteiger charge is 2.64. The molecule has 1 aromatic carbocycles. The third-order valence-corrected chi connectivity index (χ3v) is 6.67. The number of aliphatic hydroxyl groups is 6. The molecule has 0 radical (unpaired) electrons. The summed E-state index contributed by atoms with van der Waals surface area (Å²) < 4.78 is 21.7. The van der Waals surface area contributed by atoms with Gasteiger partial charge in [-0.05, 0) is 24.6 Å². The van der Waals surface area contributed by atoms with Crippen molar-refractivity contribution in [3.63, 3.8) is 0 Å². The molecule has 2 heterocycles. The quantitative estimate of drug-likeness (QED) is 0.207. The molecule has 10 atom stereocenters. The van der Waals surface area contributed by atoms with E-state index in [2.05, 4.69) is 0 Å². The van der Waals surface area contributed by atoms with Gasteiger partial charge in [-0.25, -0.2) is 4.79 Å². The van der Waals surface area contributed by atoms with E-state index < -0.39 is 72.8 Å². The van der Waals surface area contributed by atoms with Crippen LogP contribution in [-0.2, 0) is 23.7 Å². The second-order valence-corrected chi connectivity index (χ2v) is 9.27. The number of carbonyl (C=O) groups excluding carboxylic acids is 1. The molecule has 11 nitrogen and oxygen atoms in total. The van der Waals surface area contributed by atoms with Crippen LogP contribution in [-0.4, -0.2) is 97.5 Å². The minimum atomic E-state index is -1.86. The molecule has 3 aliphatic rings. The zero-order chi connectivity index (χ0) is 25.4. The highest BCUT2D eigenvalue weighted by Crippen LogP contribution is 2.49. The van der Waals surface area contributed by atoms with Crippen LogP contribution in [0, 0.1) is 5.92 Å². The van der Waals surface area contributed by atoms with E-state index in [0.29, 0.717) is 0 Å². The molecule has 2 aliphatic heterocycles. The molecular formula is C24H30O11. The molecule has 6 N–H and O–H groups in total. The monoisotopic (exact) mass is 494 g/mol. The van der Waals surface area contributed by atoms with E-state index in [-0.39, 0.29) is 6.42 Å². The number of rotatable bonds is 6. The zero-order valence-corrected chi connectivity index (χ0v) is 19.0. The number of ether oxygens (including phenoxy) is 4. The summed E-state index contributed by atoms with van der Waals surface area (Å²) in [5, 5.41) is 62.9. The molecule has 4 rings (SSSR count). The van der Waals surface area contributed by atoms with Crippen LogP contribution < -0.4 is 0 Å². The molecule has 0 unspecified atom stereocenters. The van der Waals surface area contributed by atoms with Gasteiger partial charge < -0.3 is 49.6 Å². The number of aliphatic hydroxyl groups excluding tert-OH is 4. The van der Waals surface area contributed by atoms with Crippen molar-refractivity contribution < 1.29 is 54.4 Å². The number of benzene rings is 1. The predicted molar refractivity (Wildman–Crippen MR) is 118 cm³/mol. The molecule has 0 spiro atoms. The lowest BCUT2D eigenvalue weighted by Crippen LogP contribution is -2.62. The first-order valence-electron chi connectivity index (χ1n) is 11.2. The largest absolute Gasteiger partial charge is 0.472 e. The molecule has 2 fully saturated rings. The standard InChI is InChI=1S/C24H30O11/c1-23(30)11-15(25)24(31)9-10-32-22(20(23)24)35-21-19(29)18(28)17(27)14(34-21)12-33-16(26)8-7-13-5-3-2-4-6-13/h2-10,14-15,17-22,25,27-31H,11-12H2,1H3/t14-,15-,17-,18+,19-,20-,21+,22+,23+,24-/m1/s1. The Morgan fingerprint density at radius 3 is 2.51 bits per heavy atom. The van der Waals surface area contributed by atoms with Gasteiger partial charge in [-0.15, -0.1) is 0 Å². The summed E-state index contributed by atoms with van der Waals surface area (Å²) in [4.78, 5) is 12.1. The van der Waals surface area contributed by atoms with E-state index in [1.807, 2.05) is 18.2 Å². The molecule has 0 aromatic heterocycles. The molecule has 1 saturated carbocycles. The van der Waals surface area contributed by atoms with Crippen molar-refractivity contribution in [1.29, 1.82) is 0 Å². The number of hydrogen-bond donors (Lipinski definition) is 6. The predicted octanol–water partition coefficient (Wildman–Crippen LogP) is -1.20. The van der Waals surface area contributed by atoms with Gasteiger partial charge in [0.05, 0.1) is 23.9 Å². The van der Waals surface area contributed by atoms with Crippen LogP contribution in [0.25, 0.3) is 6.08 Å². The highest BCUT2D eigenvalue weighted by molar-refractivity contribution is 5.87. The molecule has 0 bridgehead atoms. The summed E-state index contributed by atoms with van der Waals surface area (Å²) in [5.41, 5.74) is -2.68. The number of hydrogen-bond acceptors (Lipinski definition) is 11. The first kappa shape index (κ1) is 25.7. The van der Waals surface area contributed by atoms with Gasteiger partial charge in [0, 0.05) is 12.5 Å². The first-order valence-corrected chi connectivity index (χ1v) is 11.2. The van der Waals surface area contributed by atoms with Crippen LogP contribution in [0.15, 0.2) is 48.7 Å². The summed E-state index contributed by atoms with van der Waals surface area (Å²) in [6, 6.07) is 9.04. The first-order chi connectivity index (χ1) is 16.5. The van der Waals surface area contributed by atoms with E-state index in [1.54, 1.807) is 18.2 Å². The van der Waals surface area contributed by atoms with Gasteiger partial charge in [0.2, 0.25) is 6.29 Å². The van der Waals surface area contributed by atoms with Gasteiger partial charge in [0.1, 0.15) is 36.6 Å². The summed E-state index contributed by atoms with van der Waals surface area (Å²) in [6.45, 7) is 0.942. The van der Waals surface area contributed by atoms with Crippen molar-refractivity contribution in [3.8, 4) is 0 Å². The summed E-state index contributed by atoms with van der Waals surface area (Å²) >= 11 is 0. The maximum atomic E-state index is 12.1. The van der Waals surface area contributed by atoms with E-state index in [1.165, 1.54) is 19.1 Å². The van der Waals surface area contributed by atoms with Gasteiger partial charge in [-0.2, -0.15) is 0 Å². The van der Waals surface area contributed by atoms with Crippen molar-refractivity contribution in [3.05, 3.63) is 54.3 Å². The maximum Gasteiger partial charge on any atom is 0.330 e. The van der Waals surface area contributed by atoms with Gasteiger partial charge in [-0.1, -0.05) is 30.3 Å². The topological polar surface area (TPSA) is 175 Å².